The third kappa shape index (κ3) is 7.36. The summed E-state index contributed by atoms with van der Waals surface area (Å²) in [5.74, 6) is -3.87. The normalized spacial score (nSPS) is 15.3. The number of halogens is 5. The molecule has 11 nitrogen and oxygen atoms in total. The number of rotatable bonds is 11. The molecule has 0 atom stereocenters. The second-order valence-corrected chi connectivity index (χ2v) is 13.9. The van der Waals surface area contributed by atoms with Crippen LogP contribution in [-0.2, 0) is 10.0 Å². The minimum Gasteiger partial charge on any atom is -0.421 e. The maximum Gasteiger partial charge on any atom is 0.298 e. The summed E-state index contributed by atoms with van der Waals surface area (Å²) in [6.07, 6.45) is 3.28. The lowest BCUT2D eigenvalue weighted by molar-refractivity contribution is 0.235. The smallest absolute Gasteiger partial charge is 0.298 e. The number of hydrogen-bond acceptors (Lipinski definition) is 10. The molecule has 4 heterocycles. The van der Waals surface area contributed by atoms with Gasteiger partial charge in [0, 0.05) is 63.3 Å². The molecule has 2 fully saturated rings. The van der Waals surface area contributed by atoms with Gasteiger partial charge in [0.25, 0.3) is 16.0 Å². The highest BCUT2D eigenvalue weighted by molar-refractivity contribution is 7.92. The maximum absolute atomic E-state index is 15.3. The lowest BCUT2D eigenvalue weighted by atomic mass is 10.1. The Balaban J connectivity index is 1.18. The molecule has 17 heteroatoms. The van der Waals surface area contributed by atoms with Gasteiger partial charge in [0.1, 0.15) is 41.3 Å². The minimum atomic E-state index is -4.88. The van der Waals surface area contributed by atoms with Gasteiger partial charge in [0.15, 0.2) is 10.7 Å². The number of sulfonamides is 1. The first-order valence-electron chi connectivity index (χ1n) is 16.6. The van der Waals surface area contributed by atoms with Crippen LogP contribution in [0.3, 0.4) is 0 Å². The van der Waals surface area contributed by atoms with Crippen molar-refractivity contribution in [3.63, 3.8) is 0 Å². The molecule has 3 aromatic carbocycles. The molecule has 2 N–H and O–H groups in total. The largest absolute Gasteiger partial charge is 0.421 e. The number of benzene rings is 3. The molecule has 2 aliphatic rings. The van der Waals surface area contributed by atoms with Crippen LogP contribution in [-0.4, -0.2) is 80.8 Å². The molecule has 0 spiro atoms. The molecule has 0 aliphatic carbocycles. The average Bonchev–Trinajstić information content (AvgIpc) is 3.81. The second-order valence-electron chi connectivity index (χ2n) is 12.3. The van der Waals surface area contributed by atoms with Crippen LogP contribution in [0.4, 0.5) is 51.0 Å². The Bertz CT molecular complexity index is 2170. The van der Waals surface area contributed by atoms with Crippen LogP contribution in [0, 0.1) is 23.3 Å². The van der Waals surface area contributed by atoms with Crippen LogP contribution in [0.5, 0.6) is 0 Å². The van der Waals surface area contributed by atoms with Crippen molar-refractivity contribution >= 4 is 39.0 Å². The Labute approximate surface area is 296 Å². The zero-order valence-electron chi connectivity index (χ0n) is 27.6. The number of nitrogens with zero attached hydrogens (tertiary/aromatic N) is 6. The van der Waals surface area contributed by atoms with E-state index in [-0.39, 0.29) is 34.7 Å². The van der Waals surface area contributed by atoms with E-state index in [2.05, 4.69) is 20.3 Å². The predicted octanol–water partition coefficient (Wildman–Crippen LogP) is 6.59. The van der Waals surface area contributed by atoms with E-state index in [0.717, 1.165) is 43.2 Å². The van der Waals surface area contributed by atoms with Gasteiger partial charge in [0.2, 0.25) is 5.95 Å². The molecular formula is C35H33F5N8O3S. The lowest BCUT2D eigenvalue weighted by Crippen LogP contribution is -2.47. The third-order valence-corrected chi connectivity index (χ3v) is 10.3. The average molecular weight is 741 g/mol. The summed E-state index contributed by atoms with van der Waals surface area (Å²) < 4.78 is 106. The Morgan fingerprint density at radius 1 is 0.788 bits per heavy atom. The van der Waals surface area contributed by atoms with Gasteiger partial charge in [-0.05, 0) is 67.4 Å². The molecule has 5 aromatic rings. The van der Waals surface area contributed by atoms with Crippen molar-refractivity contribution in [2.75, 3.05) is 72.3 Å². The van der Waals surface area contributed by atoms with Gasteiger partial charge in [-0.2, -0.15) is 4.98 Å². The van der Waals surface area contributed by atoms with E-state index in [0.29, 0.717) is 57.2 Å². The fraction of sp³-hybridized carbons (Fsp3) is 0.286. The fourth-order valence-electron chi connectivity index (χ4n) is 6.26. The van der Waals surface area contributed by atoms with Crippen molar-refractivity contribution < 1.29 is 34.8 Å². The summed E-state index contributed by atoms with van der Waals surface area (Å²) >= 11 is 0. The van der Waals surface area contributed by atoms with Gasteiger partial charge in [0.05, 0.1) is 11.4 Å². The van der Waals surface area contributed by atoms with Crippen molar-refractivity contribution in [3.05, 3.63) is 90.1 Å². The highest BCUT2D eigenvalue weighted by Gasteiger charge is 2.28. The number of anilines is 5. The first kappa shape index (κ1) is 35.1. The van der Waals surface area contributed by atoms with E-state index in [4.69, 9.17) is 4.42 Å². The quantitative estimate of drug-likeness (QED) is 0.144. The topological polar surface area (TPSA) is 120 Å². The molecule has 272 valence electrons. The van der Waals surface area contributed by atoms with Gasteiger partial charge in [-0.25, -0.2) is 40.3 Å². The molecule has 2 saturated heterocycles. The van der Waals surface area contributed by atoms with Crippen molar-refractivity contribution in [1.29, 1.82) is 0 Å². The van der Waals surface area contributed by atoms with Gasteiger partial charge >= 0.3 is 0 Å². The second kappa shape index (κ2) is 14.7. The number of aromatic nitrogens is 3. The third-order valence-electron chi connectivity index (χ3n) is 8.87. The van der Waals surface area contributed by atoms with Gasteiger partial charge in [-0.15, -0.1) is 0 Å². The van der Waals surface area contributed by atoms with Crippen LogP contribution < -0.4 is 19.8 Å². The summed E-state index contributed by atoms with van der Waals surface area (Å²) in [5, 5.41) is 3.01. The molecule has 7 rings (SSSR count). The molecule has 0 bridgehead atoms. The van der Waals surface area contributed by atoms with Crippen molar-refractivity contribution in [1.82, 2.24) is 19.9 Å². The SMILES string of the molecule is O=S(=O)(Nc1cc(-c2nc(N3CCCC3)oc2-c2ccnc(Nc3ccc(N4CCN(CCF)CC4)c(F)c3)n2)ccc1F)c1c(F)cccc1F. The Hall–Kier alpha value is -5.29. The minimum absolute atomic E-state index is 0.106. The zero-order chi connectivity index (χ0) is 36.4. The fourth-order valence-corrected chi connectivity index (χ4v) is 7.45. The van der Waals surface area contributed by atoms with E-state index in [9.17, 15) is 21.6 Å². The maximum atomic E-state index is 15.3. The number of piperazine rings is 1. The van der Waals surface area contributed by atoms with E-state index in [1.54, 1.807) is 18.2 Å². The van der Waals surface area contributed by atoms with Crippen LogP contribution >= 0.6 is 0 Å². The molecule has 0 amide bonds. The molecule has 0 radical (unpaired) electrons. The van der Waals surface area contributed by atoms with Crippen LogP contribution in [0.2, 0.25) is 0 Å². The predicted molar refractivity (Wildman–Crippen MR) is 186 cm³/mol. The van der Waals surface area contributed by atoms with Crippen molar-refractivity contribution in [2.24, 2.45) is 0 Å². The van der Waals surface area contributed by atoms with Crippen LogP contribution in [0.1, 0.15) is 12.8 Å². The zero-order valence-corrected chi connectivity index (χ0v) is 28.4. The van der Waals surface area contributed by atoms with E-state index >= 15 is 8.78 Å². The first-order valence-corrected chi connectivity index (χ1v) is 18.0. The standard InChI is InChI=1S/C35H33F5N8O3S/c36-11-15-46-16-18-47(19-17-46)30-9-7-23(21-27(30)40)42-34-41-12-10-28(43-34)32-31(44-35(51-32)48-13-1-2-14-48)22-6-8-24(37)29(20-22)45-52(49,50)33-25(38)4-3-5-26(33)39/h3-10,12,20-21,45H,1-2,11,13-19H2,(H,41,42,43). The highest BCUT2D eigenvalue weighted by atomic mass is 32.2. The number of oxazole rings is 1. The van der Waals surface area contributed by atoms with Crippen molar-refractivity contribution in [3.8, 4) is 22.7 Å². The summed E-state index contributed by atoms with van der Waals surface area (Å²) in [7, 11) is -4.88. The lowest BCUT2D eigenvalue weighted by Gasteiger charge is -2.35. The molecule has 2 aliphatic heterocycles. The monoisotopic (exact) mass is 740 g/mol. The Morgan fingerprint density at radius 2 is 1.54 bits per heavy atom. The van der Waals surface area contributed by atoms with E-state index < -0.39 is 50.5 Å². The van der Waals surface area contributed by atoms with Crippen molar-refractivity contribution in [2.45, 2.75) is 17.7 Å². The molecule has 52 heavy (non-hydrogen) atoms. The van der Waals surface area contributed by atoms with Crippen LogP contribution in [0.25, 0.3) is 22.7 Å². The highest BCUT2D eigenvalue weighted by Crippen LogP contribution is 2.38. The molecule has 0 unspecified atom stereocenters. The first-order chi connectivity index (χ1) is 25.1. The summed E-state index contributed by atoms with van der Waals surface area (Å²) in [4.78, 5) is 18.1. The number of hydrogen-bond donors (Lipinski definition) is 2. The van der Waals surface area contributed by atoms with Crippen LogP contribution in [0.15, 0.2) is 76.2 Å². The number of nitrogens with one attached hydrogen (secondary N) is 2. The molecule has 0 saturated carbocycles. The van der Waals surface area contributed by atoms with E-state index in [1.165, 1.54) is 18.3 Å². The molecule has 2 aromatic heterocycles. The summed E-state index contributed by atoms with van der Waals surface area (Å²) in [6, 6.07) is 12.6. The molecular weight excluding hydrogens is 707 g/mol. The summed E-state index contributed by atoms with van der Waals surface area (Å²) in [6.45, 7) is 3.69. The number of alkyl halides is 1. The Kier molecular flexibility index (Phi) is 9.96. The van der Waals surface area contributed by atoms with E-state index in [1.807, 2.05) is 19.4 Å². The summed E-state index contributed by atoms with van der Waals surface area (Å²) in [5.41, 5.74) is 0.898. The van der Waals surface area contributed by atoms with Gasteiger partial charge in [-0.3, -0.25) is 9.62 Å². The Morgan fingerprint density at radius 3 is 2.25 bits per heavy atom. The van der Waals surface area contributed by atoms with Gasteiger partial charge in [-0.1, -0.05) is 6.07 Å². The van der Waals surface area contributed by atoms with Gasteiger partial charge < -0.3 is 19.5 Å².